The number of aliphatic hydroxyl groups is 1. The van der Waals surface area contributed by atoms with Crippen LogP contribution < -0.4 is 4.90 Å². The first-order valence-electron chi connectivity index (χ1n) is 6.61. The summed E-state index contributed by atoms with van der Waals surface area (Å²) in [6, 6.07) is 5.45. The van der Waals surface area contributed by atoms with E-state index in [4.69, 9.17) is 5.11 Å². The van der Waals surface area contributed by atoms with Crippen LogP contribution in [0.4, 0.5) is 5.69 Å². The maximum Gasteiger partial charge on any atom is 0.237 e. The van der Waals surface area contributed by atoms with Crippen molar-refractivity contribution in [2.75, 3.05) is 11.5 Å². The van der Waals surface area contributed by atoms with Crippen molar-refractivity contribution in [3.8, 4) is 11.8 Å². The van der Waals surface area contributed by atoms with Gasteiger partial charge in [0, 0.05) is 24.3 Å². The zero-order valence-electron chi connectivity index (χ0n) is 11.6. The average Bonchev–Trinajstić information content (AvgIpc) is 2.66. The van der Waals surface area contributed by atoms with Crippen LogP contribution >= 0.6 is 0 Å². The molecule has 0 saturated carbocycles. The summed E-state index contributed by atoms with van der Waals surface area (Å²) in [5.74, 6) is 5.18. The number of hydrogen-bond donors (Lipinski definition) is 1. The van der Waals surface area contributed by atoms with Crippen LogP contribution in [-0.4, -0.2) is 23.5 Å². The molecule has 1 heterocycles. The fourth-order valence-corrected chi connectivity index (χ4v) is 2.19. The number of aliphatic hydroxyl groups excluding tert-OH is 1. The Hall–Kier alpha value is -2.12. The van der Waals surface area contributed by atoms with Crippen molar-refractivity contribution >= 4 is 17.5 Å². The molecule has 0 bridgehead atoms. The zero-order chi connectivity index (χ0) is 14.7. The fourth-order valence-electron chi connectivity index (χ4n) is 2.19. The molecule has 1 saturated heterocycles. The van der Waals surface area contributed by atoms with Gasteiger partial charge >= 0.3 is 0 Å². The first-order chi connectivity index (χ1) is 9.54. The van der Waals surface area contributed by atoms with Gasteiger partial charge in [0.1, 0.15) is 0 Å². The van der Waals surface area contributed by atoms with E-state index in [0.29, 0.717) is 12.1 Å². The summed E-state index contributed by atoms with van der Waals surface area (Å²) in [7, 11) is 0. The fraction of sp³-hybridized carbons (Fsp3) is 0.375. The van der Waals surface area contributed by atoms with E-state index in [1.54, 1.807) is 13.0 Å². The summed E-state index contributed by atoms with van der Waals surface area (Å²) in [4.78, 5) is 25.3. The highest BCUT2D eigenvalue weighted by molar-refractivity contribution is 6.21. The predicted octanol–water partition coefficient (Wildman–Crippen LogP) is 1.63. The molecule has 4 nitrogen and oxygen atoms in total. The van der Waals surface area contributed by atoms with Gasteiger partial charge in [-0.3, -0.25) is 14.5 Å². The van der Waals surface area contributed by atoms with E-state index < -0.39 is 0 Å². The summed E-state index contributed by atoms with van der Waals surface area (Å²) in [5, 5.41) is 8.71. The Morgan fingerprint density at radius 3 is 2.75 bits per heavy atom. The van der Waals surface area contributed by atoms with E-state index in [0.717, 1.165) is 11.1 Å². The molecule has 1 N–H and O–H groups in total. The molecule has 2 rings (SSSR count). The van der Waals surface area contributed by atoms with Gasteiger partial charge in [0.15, 0.2) is 0 Å². The molecular weight excluding hydrogens is 254 g/mol. The number of carbonyl (C=O) groups is 2. The highest BCUT2D eigenvalue weighted by Crippen LogP contribution is 2.29. The van der Waals surface area contributed by atoms with Crippen molar-refractivity contribution in [1.82, 2.24) is 0 Å². The SMILES string of the molecule is Cc1ccc(C#CCCO)cc1N1C(=O)CC(C)C1=O. The second kappa shape index (κ2) is 5.89. The van der Waals surface area contributed by atoms with Crippen LogP contribution in [0, 0.1) is 24.7 Å². The maximum absolute atomic E-state index is 12.1. The number of nitrogens with zero attached hydrogens (tertiary/aromatic N) is 1. The Bertz CT molecular complexity index is 610. The van der Waals surface area contributed by atoms with Crippen molar-refractivity contribution in [2.45, 2.75) is 26.7 Å². The molecule has 1 aromatic rings. The Labute approximate surface area is 118 Å². The lowest BCUT2D eigenvalue weighted by molar-refractivity contribution is -0.122. The molecule has 0 aliphatic carbocycles. The van der Waals surface area contributed by atoms with E-state index in [-0.39, 0.29) is 30.8 Å². The van der Waals surface area contributed by atoms with E-state index in [1.165, 1.54) is 4.90 Å². The minimum Gasteiger partial charge on any atom is -0.395 e. The third kappa shape index (κ3) is 2.73. The van der Waals surface area contributed by atoms with E-state index in [2.05, 4.69) is 11.8 Å². The number of anilines is 1. The second-order valence-corrected chi connectivity index (χ2v) is 4.95. The van der Waals surface area contributed by atoms with E-state index in [9.17, 15) is 9.59 Å². The molecule has 2 amide bonds. The van der Waals surface area contributed by atoms with Crippen molar-refractivity contribution in [3.63, 3.8) is 0 Å². The molecule has 0 aromatic heterocycles. The number of aryl methyl sites for hydroxylation is 1. The summed E-state index contributed by atoms with van der Waals surface area (Å²) in [5.41, 5.74) is 2.22. The van der Waals surface area contributed by atoms with Crippen molar-refractivity contribution in [1.29, 1.82) is 0 Å². The molecule has 0 spiro atoms. The van der Waals surface area contributed by atoms with Gasteiger partial charge in [-0.05, 0) is 24.6 Å². The monoisotopic (exact) mass is 271 g/mol. The van der Waals surface area contributed by atoms with Crippen LogP contribution in [0.2, 0.25) is 0 Å². The molecule has 1 fully saturated rings. The Morgan fingerprint density at radius 1 is 1.40 bits per heavy atom. The second-order valence-electron chi connectivity index (χ2n) is 4.95. The lowest BCUT2D eigenvalue weighted by atomic mass is 10.1. The lowest BCUT2D eigenvalue weighted by Crippen LogP contribution is -2.30. The van der Waals surface area contributed by atoms with Crippen LogP contribution in [0.1, 0.15) is 30.9 Å². The molecule has 20 heavy (non-hydrogen) atoms. The quantitative estimate of drug-likeness (QED) is 0.657. The van der Waals surface area contributed by atoms with Gasteiger partial charge < -0.3 is 5.11 Å². The lowest BCUT2D eigenvalue weighted by Gasteiger charge is -2.17. The Balaban J connectivity index is 2.37. The summed E-state index contributed by atoms with van der Waals surface area (Å²) < 4.78 is 0. The number of imide groups is 1. The van der Waals surface area contributed by atoms with Crippen molar-refractivity contribution < 1.29 is 14.7 Å². The van der Waals surface area contributed by atoms with Gasteiger partial charge in [-0.25, -0.2) is 0 Å². The molecule has 104 valence electrons. The van der Waals surface area contributed by atoms with Gasteiger partial charge in [-0.2, -0.15) is 0 Å². The van der Waals surface area contributed by atoms with Gasteiger partial charge in [0.2, 0.25) is 11.8 Å². The van der Waals surface area contributed by atoms with Crippen molar-refractivity contribution in [3.05, 3.63) is 29.3 Å². The highest BCUT2D eigenvalue weighted by Gasteiger charge is 2.37. The summed E-state index contributed by atoms with van der Waals surface area (Å²) >= 11 is 0. The van der Waals surface area contributed by atoms with Gasteiger partial charge in [0.25, 0.3) is 0 Å². The first-order valence-corrected chi connectivity index (χ1v) is 6.61. The predicted molar refractivity (Wildman–Crippen MR) is 76.0 cm³/mol. The maximum atomic E-state index is 12.1. The van der Waals surface area contributed by atoms with Gasteiger partial charge in [0.05, 0.1) is 12.3 Å². The molecule has 0 radical (unpaired) electrons. The number of benzene rings is 1. The summed E-state index contributed by atoms with van der Waals surface area (Å²) in [6.45, 7) is 3.65. The average molecular weight is 271 g/mol. The van der Waals surface area contributed by atoms with Crippen molar-refractivity contribution in [2.24, 2.45) is 5.92 Å². The molecule has 4 heteroatoms. The molecule has 1 aromatic carbocycles. The third-order valence-electron chi connectivity index (χ3n) is 3.29. The number of rotatable bonds is 2. The third-order valence-corrected chi connectivity index (χ3v) is 3.29. The normalized spacial score (nSPS) is 18.1. The molecular formula is C16H17NO3. The van der Waals surface area contributed by atoms with Crippen LogP contribution in [-0.2, 0) is 9.59 Å². The van der Waals surface area contributed by atoms with E-state index in [1.807, 2.05) is 19.1 Å². The van der Waals surface area contributed by atoms with Gasteiger partial charge in [-0.15, -0.1) is 0 Å². The standard InChI is InChI=1S/C16H17NO3/c1-11-6-7-13(5-3-4-8-18)10-14(11)17-15(19)9-12(2)16(17)20/h6-7,10,12,18H,4,8-9H2,1-2H3. The van der Waals surface area contributed by atoms with Crippen LogP contribution in [0.15, 0.2) is 18.2 Å². The molecule has 1 unspecified atom stereocenters. The summed E-state index contributed by atoms with van der Waals surface area (Å²) in [6.07, 6.45) is 0.667. The van der Waals surface area contributed by atoms with Crippen LogP contribution in [0.25, 0.3) is 0 Å². The highest BCUT2D eigenvalue weighted by atomic mass is 16.2. The number of carbonyl (C=O) groups excluding carboxylic acids is 2. The number of amides is 2. The molecule has 1 aliphatic heterocycles. The largest absolute Gasteiger partial charge is 0.395 e. The molecule has 1 atom stereocenters. The minimum absolute atomic E-state index is 0.0202. The smallest absolute Gasteiger partial charge is 0.237 e. The van der Waals surface area contributed by atoms with Crippen LogP contribution in [0.3, 0.4) is 0 Å². The molecule has 1 aliphatic rings. The minimum atomic E-state index is -0.258. The van der Waals surface area contributed by atoms with E-state index >= 15 is 0 Å². The Kier molecular flexibility index (Phi) is 4.21. The zero-order valence-corrected chi connectivity index (χ0v) is 11.6. The van der Waals surface area contributed by atoms with Crippen LogP contribution in [0.5, 0.6) is 0 Å². The van der Waals surface area contributed by atoms with Gasteiger partial charge in [-0.1, -0.05) is 24.8 Å². The first kappa shape index (κ1) is 14.3. The topological polar surface area (TPSA) is 57.6 Å². The number of hydrogen-bond acceptors (Lipinski definition) is 3. The Morgan fingerprint density at radius 2 is 2.15 bits per heavy atom.